The molecule has 0 heterocycles. The number of carbonyl (C=O) groups excluding carboxylic acids is 1. The summed E-state index contributed by atoms with van der Waals surface area (Å²) in [5, 5.41) is 12.0. The van der Waals surface area contributed by atoms with E-state index in [2.05, 4.69) is 25.2 Å². The lowest BCUT2D eigenvalue weighted by Gasteiger charge is -2.51. The van der Waals surface area contributed by atoms with E-state index in [0.717, 1.165) is 6.42 Å². The van der Waals surface area contributed by atoms with Gasteiger partial charge in [0.15, 0.2) is 0 Å². The van der Waals surface area contributed by atoms with Gasteiger partial charge in [0, 0.05) is 18.1 Å². The van der Waals surface area contributed by atoms with Crippen LogP contribution in [-0.4, -0.2) is 24.7 Å². The fraction of sp³-hybridized carbons (Fsp3) is 0.857. The molecule has 102 valence electrons. The van der Waals surface area contributed by atoms with Crippen molar-refractivity contribution in [2.45, 2.75) is 53.2 Å². The molecule has 0 bridgehead atoms. The predicted octanol–water partition coefficient (Wildman–Crippen LogP) is 2.10. The molecule has 0 aliphatic heterocycles. The van der Waals surface area contributed by atoms with E-state index in [1.54, 1.807) is 0 Å². The Kier molecular flexibility index (Phi) is 4.75. The number of rotatable bonds is 5. The van der Waals surface area contributed by atoms with Gasteiger partial charge in [-0.25, -0.2) is 0 Å². The number of nitriles is 1. The second-order valence-electron chi connectivity index (χ2n) is 5.91. The number of hydrogen-bond acceptors (Lipinski definition) is 3. The van der Waals surface area contributed by atoms with E-state index in [4.69, 9.17) is 10.00 Å². The highest BCUT2D eigenvalue weighted by molar-refractivity contribution is 5.81. The van der Waals surface area contributed by atoms with Gasteiger partial charge in [-0.2, -0.15) is 5.26 Å². The third-order valence-corrected chi connectivity index (χ3v) is 3.95. The van der Waals surface area contributed by atoms with Crippen molar-refractivity contribution < 1.29 is 9.53 Å². The molecule has 3 atom stereocenters. The van der Waals surface area contributed by atoms with Crippen molar-refractivity contribution in [2.24, 2.45) is 17.3 Å². The van der Waals surface area contributed by atoms with Crippen LogP contribution < -0.4 is 5.32 Å². The maximum absolute atomic E-state index is 12.0. The van der Waals surface area contributed by atoms with Crippen LogP contribution in [0.3, 0.4) is 0 Å². The summed E-state index contributed by atoms with van der Waals surface area (Å²) < 4.78 is 5.62. The van der Waals surface area contributed by atoms with Crippen LogP contribution in [-0.2, 0) is 9.53 Å². The van der Waals surface area contributed by atoms with Crippen molar-refractivity contribution in [3.63, 3.8) is 0 Å². The Morgan fingerprint density at radius 2 is 2.17 bits per heavy atom. The van der Waals surface area contributed by atoms with E-state index in [9.17, 15) is 4.79 Å². The third-order valence-electron chi connectivity index (χ3n) is 3.95. The Morgan fingerprint density at radius 3 is 2.56 bits per heavy atom. The second-order valence-corrected chi connectivity index (χ2v) is 5.91. The highest BCUT2D eigenvalue weighted by atomic mass is 16.5. The quantitative estimate of drug-likeness (QED) is 0.815. The molecule has 4 nitrogen and oxygen atoms in total. The monoisotopic (exact) mass is 252 g/mol. The van der Waals surface area contributed by atoms with Crippen LogP contribution in [0.4, 0.5) is 0 Å². The van der Waals surface area contributed by atoms with Crippen LogP contribution >= 0.6 is 0 Å². The molecule has 0 radical (unpaired) electrons. The van der Waals surface area contributed by atoms with Crippen LogP contribution in [0.5, 0.6) is 0 Å². The minimum absolute atomic E-state index is 0.0425. The largest absolute Gasteiger partial charge is 0.378 e. The molecule has 1 rings (SSSR count). The topological polar surface area (TPSA) is 62.1 Å². The number of nitrogens with one attached hydrogen (secondary N) is 1. The van der Waals surface area contributed by atoms with E-state index in [1.807, 2.05) is 20.8 Å². The van der Waals surface area contributed by atoms with Crippen molar-refractivity contribution in [1.82, 2.24) is 5.32 Å². The summed E-state index contributed by atoms with van der Waals surface area (Å²) in [6.07, 6.45) is 1.04. The average molecular weight is 252 g/mol. The van der Waals surface area contributed by atoms with Gasteiger partial charge in [0.1, 0.15) is 5.92 Å². The Morgan fingerprint density at radius 1 is 1.56 bits per heavy atom. The fourth-order valence-corrected chi connectivity index (χ4v) is 2.39. The number of ether oxygens (including phenoxy) is 1. The van der Waals surface area contributed by atoms with Crippen LogP contribution in [0.1, 0.15) is 41.0 Å². The molecule has 3 unspecified atom stereocenters. The van der Waals surface area contributed by atoms with Gasteiger partial charge >= 0.3 is 0 Å². The number of amides is 1. The first-order valence-electron chi connectivity index (χ1n) is 6.66. The molecule has 0 aromatic heterocycles. The molecule has 1 N–H and O–H groups in total. The molecule has 1 aliphatic carbocycles. The average Bonchev–Trinajstić information content (AvgIpc) is 2.28. The van der Waals surface area contributed by atoms with Crippen molar-refractivity contribution in [3.05, 3.63) is 0 Å². The van der Waals surface area contributed by atoms with Crippen molar-refractivity contribution in [1.29, 1.82) is 5.26 Å². The molecule has 18 heavy (non-hydrogen) atoms. The lowest BCUT2D eigenvalue weighted by Crippen LogP contribution is -2.62. The summed E-state index contributed by atoms with van der Waals surface area (Å²) in [5.41, 5.74) is -0.0529. The highest BCUT2D eigenvalue weighted by Gasteiger charge is 2.49. The van der Waals surface area contributed by atoms with Gasteiger partial charge < -0.3 is 10.1 Å². The lowest BCUT2D eigenvalue weighted by atomic mass is 9.64. The smallest absolute Gasteiger partial charge is 0.237 e. The third kappa shape index (κ3) is 2.84. The SMILES string of the molecule is CCOC1CC(NC(=O)C(C#N)C(C)C)C1(C)C. The zero-order valence-corrected chi connectivity index (χ0v) is 12.0. The summed E-state index contributed by atoms with van der Waals surface area (Å²) >= 11 is 0. The molecule has 0 aromatic rings. The zero-order valence-electron chi connectivity index (χ0n) is 12.0. The maximum atomic E-state index is 12.0. The summed E-state index contributed by atoms with van der Waals surface area (Å²) in [5.74, 6) is -0.673. The van der Waals surface area contributed by atoms with Gasteiger partial charge in [0.05, 0.1) is 12.2 Å². The summed E-state index contributed by atoms with van der Waals surface area (Å²) in [6, 6.07) is 2.18. The van der Waals surface area contributed by atoms with Crippen LogP contribution in [0, 0.1) is 28.6 Å². The van der Waals surface area contributed by atoms with E-state index in [1.165, 1.54) is 0 Å². The first kappa shape index (κ1) is 15.0. The number of carbonyl (C=O) groups is 1. The maximum Gasteiger partial charge on any atom is 0.237 e. The van der Waals surface area contributed by atoms with Crippen LogP contribution in [0.2, 0.25) is 0 Å². The molecule has 4 heteroatoms. The van der Waals surface area contributed by atoms with Crippen molar-refractivity contribution in [2.75, 3.05) is 6.61 Å². The van der Waals surface area contributed by atoms with Crippen LogP contribution in [0.25, 0.3) is 0 Å². The second kappa shape index (κ2) is 5.71. The number of nitrogens with zero attached hydrogens (tertiary/aromatic N) is 1. The Hall–Kier alpha value is -1.08. The van der Waals surface area contributed by atoms with Crippen LogP contribution in [0.15, 0.2) is 0 Å². The highest BCUT2D eigenvalue weighted by Crippen LogP contribution is 2.42. The van der Waals surface area contributed by atoms with Gasteiger partial charge in [-0.3, -0.25) is 4.79 Å². The van der Waals surface area contributed by atoms with Gasteiger partial charge in [0.2, 0.25) is 5.91 Å². The minimum atomic E-state index is -0.563. The molecular weight excluding hydrogens is 228 g/mol. The molecule has 0 spiro atoms. The molecule has 0 saturated heterocycles. The number of hydrogen-bond donors (Lipinski definition) is 1. The van der Waals surface area contributed by atoms with Gasteiger partial charge in [-0.15, -0.1) is 0 Å². The van der Waals surface area contributed by atoms with Gasteiger partial charge in [-0.05, 0) is 19.3 Å². The molecule has 1 amide bonds. The molecular formula is C14H24N2O2. The van der Waals surface area contributed by atoms with Crippen molar-refractivity contribution >= 4 is 5.91 Å². The standard InChI is InChI=1S/C14H24N2O2/c1-6-18-12-7-11(14(12,4)5)16-13(17)10(8-15)9(2)3/h9-12H,6-7H2,1-5H3,(H,16,17). The normalized spacial score (nSPS) is 27.2. The van der Waals surface area contributed by atoms with E-state index < -0.39 is 5.92 Å². The summed E-state index contributed by atoms with van der Waals surface area (Å²) in [7, 11) is 0. The van der Waals surface area contributed by atoms with Gasteiger partial charge in [0.25, 0.3) is 0 Å². The van der Waals surface area contributed by atoms with Crippen molar-refractivity contribution in [3.8, 4) is 6.07 Å². The zero-order chi connectivity index (χ0) is 13.9. The fourth-order valence-electron chi connectivity index (χ4n) is 2.39. The Balaban J connectivity index is 2.56. The van der Waals surface area contributed by atoms with E-state index >= 15 is 0 Å². The Labute approximate surface area is 110 Å². The molecule has 1 aliphatic rings. The first-order chi connectivity index (χ1) is 8.34. The van der Waals surface area contributed by atoms with E-state index in [0.29, 0.717) is 6.61 Å². The van der Waals surface area contributed by atoms with E-state index in [-0.39, 0.29) is 29.4 Å². The minimum Gasteiger partial charge on any atom is -0.378 e. The molecule has 0 aromatic carbocycles. The Bertz CT molecular complexity index is 344. The predicted molar refractivity (Wildman–Crippen MR) is 69.7 cm³/mol. The van der Waals surface area contributed by atoms with Gasteiger partial charge in [-0.1, -0.05) is 27.7 Å². The summed E-state index contributed by atoms with van der Waals surface area (Å²) in [6.45, 7) is 10.6. The molecule has 1 saturated carbocycles. The molecule has 1 fully saturated rings. The first-order valence-corrected chi connectivity index (χ1v) is 6.66. The summed E-state index contributed by atoms with van der Waals surface area (Å²) in [4.78, 5) is 12.0. The lowest BCUT2D eigenvalue weighted by molar-refractivity contribution is -0.139.